The molecule has 0 saturated heterocycles. The molecule has 0 rings (SSSR count). The highest BCUT2D eigenvalue weighted by Gasteiger charge is 2.10. The van der Waals surface area contributed by atoms with E-state index in [2.05, 4.69) is 6.92 Å². The fourth-order valence-corrected chi connectivity index (χ4v) is 2.39. The maximum absolute atomic E-state index is 9.19. The normalized spacial score (nSPS) is 14.3. The average Bonchev–Trinajstić information content (AvgIpc) is 2.51. The number of ether oxygens (including phenoxy) is 1. The summed E-state index contributed by atoms with van der Waals surface area (Å²) in [6.45, 7) is 2.03. The Bertz CT molecular complexity index is 199. The summed E-state index contributed by atoms with van der Waals surface area (Å²) < 4.78 is 5.37. The first-order valence-corrected chi connectivity index (χ1v) is 8.76. The molecule has 0 radical (unpaired) electrons. The van der Waals surface area contributed by atoms with E-state index in [4.69, 9.17) is 9.84 Å². The fourth-order valence-electron chi connectivity index (χ4n) is 2.39. The molecule has 3 N–H and O–H groups in total. The predicted molar refractivity (Wildman–Crippen MR) is 86.4 cm³/mol. The van der Waals surface area contributed by atoms with E-state index in [-0.39, 0.29) is 25.9 Å². The summed E-state index contributed by atoms with van der Waals surface area (Å²) in [7, 11) is 0. The van der Waals surface area contributed by atoms with Gasteiger partial charge in [0.2, 0.25) is 0 Å². The van der Waals surface area contributed by atoms with Gasteiger partial charge in [0.1, 0.15) is 6.10 Å². The molecule has 128 valence electrons. The number of unbranched alkanes of at least 4 members (excludes halogenated alkanes) is 9. The van der Waals surface area contributed by atoms with Crippen molar-refractivity contribution in [3.05, 3.63) is 0 Å². The van der Waals surface area contributed by atoms with Crippen LogP contribution in [0.5, 0.6) is 0 Å². The molecule has 0 aromatic carbocycles. The maximum atomic E-state index is 9.19. The number of hydrogen-bond acceptors (Lipinski definition) is 4. The van der Waals surface area contributed by atoms with Gasteiger partial charge in [0.25, 0.3) is 0 Å². The van der Waals surface area contributed by atoms with Gasteiger partial charge < -0.3 is 20.1 Å². The molecule has 21 heavy (non-hydrogen) atoms. The summed E-state index contributed by atoms with van der Waals surface area (Å²) >= 11 is 0. The van der Waals surface area contributed by atoms with E-state index in [0.717, 1.165) is 12.8 Å². The van der Waals surface area contributed by atoms with Crippen LogP contribution in [0.25, 0.3) is 0 Å². The van der Waals surface area contributed by atoms with Crippen molar-refractivity contribution in [2.45, 2.75) is 89.8 Å². The zero-order chi connectivity index (χ0) is 15.8. The van der Waals surface area contributed by atoms with Crippen LogP contribution in [0.2, 0.25) is 0 Å². The van der Waals surface area contributed by atoms with Crippen LogP contribution in [0.1, 0.15) is 77.6 Å². The fraction of sp³-hybridized carbons (Fsp3) is 1.00. The second-order valence-electron chi connectivity index (χ2n) is 5.94. The Morgan fingerprint density at radius 3 is 1.76 bits per heavy atom. The van der Waals surface area contributed by atoms with Crippen molar-refractivity contribution in [1.29, 1.82) is 0 Å². The summed E-state index contributed by atoms with van der Waals surface area (Å²) in [5.41, 5.74) is 0. The van der Waals surface area contributed by atoms with Crippen molar-refractivity contribution < 1.29 is 20.1 Å². The van der Waals surface area contributed by atoms with Crippen LogP contribution in [0.15, 0.2) is 0 Å². The van der Waals surface area contributed by atoms with Gasteiger partial charge in [0.15, 0.2) is 0 Å². The van der Waals surface area contributed by atoms with Crippen molar-refractivity contribution >= 4 is 0 Å². The van der Waals surface area contributed by atoms with Gasteiger partial charge in [-0.3, -0.25) is 0 Å². The highest BCUT2D eigenvalue weighted by molar-refractivity contribution is 4.59. The molecule has 0 aromatic heterocycles. The monoisotopic (exact) mass is 304 g/mol. The first-order chi connectivity index (χ1) is 10.2. The Balaban J connectivity index is 3.31. The highest BCUT2D eigenvalue weighted by Crippen LogP contribution is 2.13. The lowest BCUT2D eigenvalue weighted by Gasteiger charge is -2.17. The van der Waals surface area contributed by atoms with Crippen LogP contribution >= 0.6 is 0 Å². The molecule has 0 heterocycles. The summed E-state index contributed by atoms with van der Waals surface area (Å²) in [5, 5.41) is 27.1. The first-order valence-electron chi connectivity index (χ1n) is 8.76. The molecule has 2 atom stereocenters. The second kappa shape index (κ2) is 16.2. The van der Waals surface area contributed by atoms with E-state index in [0.29, 0.717) is 0 Å². The lowest BCUT2D eigenvalue weighted by molar-refractivity contribution is -0.0491. The molecule has 0 spiro atoms. The van der Waals surface area contributed by atoms with Gasteiger partial charge in [-0.1, -0.05) is 71.1 Å². The summed E-state index contributed by atoms with van der Waals surface area (Å²) in [5.74, 6) is 0. The van der Waals surface area contributed by atoms with E-state index in [1.807, 2.05) is 0 Å². The molecular weight excluding hydrogens is 268 g/mol. The minimum absolute atomic E-state index is 0.0183. The van der Waals surface area contributed by atoms with Crippen molar-refractivity contribution in [3.8, 4) is 0 Å². The molecular formula is C17H36O4. The third kappa shape index (κ3) is 14.5. The molecule has 0 aromatic rings. The highest BCUT2D eigenvalue weighted by atomic mass is 16.5. The van der Waals surface area contributed by atoms with E-state index in [1.54, 1.807) is 0 Å². The maximum Gasteiger partial charge on any atom is 0.100 e. The average molecular weight is 304 g/mol. The molecule has 4 heteroatoms. The van der Waals surface area contributed by atoms with Gasteiger partial charge in [-0.05, 0) is 6.42 Å². The van der Waals surface area contributed by atoms with E-state index in [1.165, 1.54) is 57.8 Å². The number of aliphatic hydroxyl groups excluding tert-OH is 3. The van der Waals surface area contributed by atoms with Crippen molar-refractivity contribution in [1.82, 2.24) is 0 Å². The molecule has 0 aliphatic heterocycles. The Morgan fingerprint density at radius 1 is 0.762 bits per heavy atom. The number of aliphatic hydroxyl groups is 3. The molecule has 0 aliphatic rings. The Hall–Kier alpha value is -0.160. The molecule has 0 saturated carbocycles. The summed E-state index contributed by atoms with van der Waals surface area (Å²) in [6.07, 6.45) is 12.7. The van der Waals surface area contributed by atoms with Crippen molar-refractivity contribution in [2.24, 2.45) is 0 Å². The zero-order valence-electron chi connectivity index (χ0n) is 13.8. The number of hydrogen-bond donors (Lipinski definition) is 3. The Kier molecular flexibility index (Phi) is 16.1. The molecule has 0 amide bonds. The van der Waals surface area contributed by atoms with E-state index >= 15 is 0 Å². The third-order valence-corrected chi connectivity index (χ3v) is 3.82. The topological polar surface area (TPSA) is 69.9 Å². The molecule has 0 bridgehead atoms. The van der Waals surface area contributed by atoms with Gasteiger partial charge in [0, 0.05) is 0 Å². The largest absolute Gasteiger partial charge is 0.394 e. The molecule has 0 fully saturated rings. The standard InChI is InChI=1S/C17H36O4/c1-2-3-4-5-6-7-8-9-10-11-12-17(14-19)21-15-16(20)13-18/h16-20H,2-15H2,1H3. The van der Waals surface area contributed by atoms with E-state index < -0.39 is 6.10 Å². The lowest BCUT2D eigenvalue weighted by Crippen LogP contribution is -2.26. The zero-order valence-corrected chi connectivity index (χ0v) is 13.8. The summed E-state index contributed by atoms with van der Waals surface area (Å²) in [6, 6.07) is 0. The lowest BCUT2D eigenvalue weighted by atomic mass is 10.0. The van der Waals surface area contributed by atoms with Gasteiger partial charge in [-0.25, -0.2) is 0 Å². The summed E-state index contributed by atoms with van der Waals surface area (Å²) in [4.78, 5) is 0. The van der Waals surface area contributed by atoms with Gasteiger partial charge in [-0.15, -0.1) is 0 Å². The van der Waals surface area contributed by atoms with Gasteiger partial charge >= 0.3 is 0 Å². The molecule has 2 unspecified atom stereocenters. The van der Waals surface area contributed by atoms with Crippen LogP contribution in [-0.4, -0.2) is 47.3 Å². The number of rotatable bonds is 16. The van der Waals surface area contributed by atoms with Crippen LogP contribution in [0.4, 0.5) is 0 Å². The minimum Gasteiger partial charge on any atom is -0.394 e. The molecule has 0 aliphatic carbocycles. The van der Waals surface area contributed by atoms with Gasteiger partial charge in [0.05, 0.1) is 25.9 Å². The van der Waals surface area contributed by atoms with Crippen LogP contribution in [0, 0.1) is 0 Å². The SMILES string of the molecule is CCCCCCCCCCCCC(CO)OCC(O)CO. The van der Waals surface area contributed by atoms with Crippen LogP contribution in [0.3, 0.4) is 0 Å². The second-order valence-corrected chi connectivity index (χ2v) is 5.94. The van der Waals surface area contributed by atoms with E-state index in [9.17, 15) is 10.2 Å². The van der Waals surface area contributed by atoms with Gasteiger partial charge in [-0.2, -0.15) is 0 Å². The molecule has 4 nitrogen and oxygen atoms in total. The van der Waals surface area contributed by atoms with Crippen molar-refractivity contribution in [2.75, 3.05) is 19.8 Å². The van der Waals surface area contributed by atoms with Crippen LogP contribution < -0.4 is 0 Å². The quantitative estimate of drug-likeness (QED) is 0.383. The predicted octanol–water partition coefficient (Wildman–Crippen LogP) is 3.03. The van der Waals surface area contributed by atoms with Crippen molar-refractivity contribution in [3.63, 3.8) is 0 Å². The third-order valence-electron chi connectivity index (χ3n) is 3.82. The van der Waals surface area contributed by atoms with Crippen LogP contribution in [-0.2, 0) is 4.74 Å². The Labute approximate surface area is 130 Å². The Morgan fingerprint density at radius 2 is 1.29 bits per heavy atom. The smallest absolute Gasteiger partial charge is 0.100 e. The minimum atomic E-state index is -0.841. The first kappa shape index (κ1) is 20.8.